The van der Waals surface area contributed by atoms with Crippen LogP contribution in [-0.2, 0) is 6.54 Å². The molecule has 0 aliphatic heterocycles. The van der Waals surface area contributed by atoms with Crippen LogP contribution in [-0.4, -0.2) is 14.8 Å². The molecular weight excluding hydrogens is 231 g/mol. The van der Waals surface area contributed by atoms with E-state index >= 15 is 0 Å². The molecule has 0 aliphatic carbocycles. The van der Waals surface area contributed by atoms with Gasteiger partial charge in [0.1, 0.15) is 18.0 Å². The monoisotopic (exact) mass is 248 g/mol. The zero-order chi connectivity index (χ0) is 13.1. The third-order valence-corrected chi connectivity index (χ3v) is 2.70. The minimum absolute atomic E-state index is 0.242. The Morgan fingerprint density at radius 2 is 2.17 bits per heavy atom. The third-order valence-electron chi connectivity index (χ3n) is 2.70. The smallest absolute Gasteiger partial charge is 0.146 e. The minimum atomic E-state index is -0.254. The van der Waals surface area contributed by atoms with Crippen LogP contribution in [0.2, 0.25) is 0 Å². The number of hydrogen-bond acceptors (Lipinski definition) is 3. The summed E-state index contributed by atoms with van der Waals surface area (Å²) in [7, 11) is 0. The Bertz CT molecular complexity index is 534. The van der Waals surface area contributed by atoms with Crippen molar-refractivity contribution in [2.45, 2.75) is 33.4 Å². The van der Waals surface area contributed by atoms with Crippen molar-refractivity contribution < 1.29 is 4.39 Å². The summed E-state index contributed by atoms with van der Waals surface area (Å²) in [5.74, 6) is 0.544. The van der Waals surface area contributed by atoms with Crippen LogP contribution in [0.15, 0.2) is 24.5 Å². The van der Waals surface area contributed by atoms with Crippen molar-refractivity contribution >= 4 is 5.69 Å². The van der Waals surface area contributed by atoms with Gasteiger partial charge in [-0.05, 0) is 38.5 Å². The lowest BCUT2D eigenvalue weighted by Crippen LogP contribution is -2.12. The predicted molar refractivity (Wildman–Crippen MR) is 68.9 cm³/mol. The van der Waals surface area contributed by atoms with Gasteiger partial charge in [-0.25, -0.2) is 14.1 Å². The van der Waals surface area contributed by atoms with Gasteiger partial charge in [-0.15, -0.1) is 0 Å². The van der Waals surface area contributed by atoms with E-state index in [1.54, 1.807) is 12.1 Å². The molecule has 18 heavy (non-hydrogen) atoms. The SMILES string of the molecule is Cc1ccc(F)c(NCc2ncnn2C(C)C)c1. The Labute approximate surface area is 106 Å². The van der Waals surface area contributed by atoms with Gasteiger partial charge in [0, 0.05) is 6.04 Å². The number of halogens is 1. The number of aromatic nitrogens is 3. The maximum atomic E-state index is 13.6. The average molecular weight is 248 g/mol. The maximum absolute atomic E-state index is 13.6. The highest BCUT2D eigenvalue weighted by Crippen LogP contribution is 2.16. The summed E-state index contributed by atoms with van der Waals surface area (Å²) >= 11 is 0. The fourth-order valence-corrected chi connectivity index (χ4v) is 1.78. The number of nitrogens with zero attached hydrogens (tertiary/aromatic N) is 3. The number of hydrogen-bond donors (Lipinski definition) is 1. The summed E-state index contributed by atoms with van der Waals surface area (Å²) in [6.07, 6.45) is 1.52. The lowest BCUT2D eigenvalue weighted by molar-refractivity contribution is 0.508. The molecule has 4 nitrogen and oxygen atoms in total. The second-order valence-electron chi connectivity index (χ2n) is 4.55. The van der Waals surface area contributed by atoms with Crippen LogP contribution in [0.5, 0.6) is 0 Å². The lowest BCUT2D eigenvalue weighted by atomic mass is 10.2. The van der Waals surface area contributed by atoms with Crippen LogP contribution in [0, 0.1) is 12.7 Å². The predicted octanol–water partition coefficient (Wildman–Crippen LogP) is 2.92. The second kappa shape index (κ2) is 5.16. The van der Waals surface area contributed by atoms with Crippen LogP contribution in [0.1, 0.15) is 31.3 Å². The Morgan fingerprint density at radius 3 is 2.89 bits per heavy atom. The zero-order valence-corrected chi connectivity index (χ0v) is 10.8. The highest BCUT2D eigenvalue weighted by atomic mass is 19.1. The first-order chi connectivity index (χ1) is 8.58. The van der Waals surface area contributed by atoms with Crippen LogP contribution in [0.3, 0.4) is 0 Å². The van der Waals surface area contributed by atoms with E-state index in [9.17, 15) is 4.39 Å². The molecule has 0 saturated carbocycles. The maximum Gasteiger partial charge on any atom is 0.146 e. The number of benzene rings is 1. The molecule has 1 aromatic heterocycles. The molecule has 0 unspecified atom stereocenters. The van der Waals surface area contributed by atoms with Crippen molar-refractivity contribution in [1.29, 1.82) is 0 Å². The van der Waals surface area contributed by atoms with E-state index in [4.69, 9.17) is 0 Å². The highest BCUT2D eigenvalue weighted by Gasteiger charge is 2.08. The Hall–Kier alpha value is -1.91. The van der Waals surface area contributed by atoms with E-state index in [0.717, 1.165) is 11.4 Å². The summed E-state index contributed by atoms with van der Waals surface area (Å²) in [5, 5.41) is 7.19. The summed E-state index contributed by atoms with van der Waals surface area (Å²) in [6, 6.07) is 5.24. The summed E-state index contributed by atoms with van der Waals surface area (Å²) < 4.78 is 15.4. The van der Waals surface area contributed by atoms with Gasteiger partial charge < -0.3 is 5.32 Å². The third kappa shape index (κ3) is 2.67. The van der Waals surface area contributed by atoms with E-state index in [2.05, 4.69) is 15.4 Å². The number of nitrogens with one attached hydrogen (secondary N) is 1. The fraction of sp³-hybridized carbons (Fsp3) is 0.385. The molecule has 96 valence electrons. The Morgan fingerprint density at radius 1 is 1.39 bits per heavy atom. The summed E-state index contributed by atoms with van der Waals surface area (Å²) in [5.41, 5.74) is 1.51. The molecule has 2 rings (SSSR count). The molecule has 0 saturated heterocycles. The quantitative estimate of drug-likeness (QED) is 0.904. The summed E-state index contributed by atoms with van der Waals surface area (Å²) in [4.78, 5) is 4.17. The van der Waals surface area contributed by atoms with Gasteiger partial charge in [0.25, 0.3) is 0 Å². The Kier molecular flexibility index (Phi) is 3.60. The van der Waals surface area contributed by atoms with Crippen LogP contribution in [0.25, 0.3) is 0 Å². The molecule has 0 bridgehead atoms. The van der Waals surface area contributed by atoms with Gasteiger partial charge in [-0.2, -0.15) is 5.10 Å². The van der Waals surface area contributed by atoms with Gasteiger partial charge in [-0.3, -0.25) is 0 Å². The fourth-order valence-electron chi connectivity index (χ4n) is 1.78. The molecular formula is C13H17FN4. The molecule has 0 radical (unpaired) electrons. The molecule has 0 atom stereocenters. The zero-order valence-electron chi connectivity index (χ0n) is 10.8. The standard InChI is InChI=1S/C13H17FN4/c1-9(2)18-13(16-8-17-18)7-15-12-6-10(3)4-5-11(12)14/h4-6,8-9,15H,7H2,1-3H3. The van der Waals surface area contributed by atoms with Gasteiger partial charge in [0.15, 0.2) is 0 Å². The first kappa shape index (κ1) is 12.5. The van der Waals surface area contributed by atoms with Crippen molar-refractivity contribution in [2.75, 3.05) is 5.32 Å². The van der Waals surface area contributed by atoms with E-state index in [1.807, 2.05) is 25.5 Å². The largest absolute Gasteiger partial charge is 0.375 e. The topological polar surface area (TPSA) is 42.7 Å². The molecule has 2 aromatic rings. The van der Waals surface area contributed by atoms with Gasteiger partial charge in [0.05, 0.1) is 12.2 Å². The van der Waals surface area contributed by atoms with Crippen LogP contribution in [0.4, 0.5) is 10.1 Å². The van der Waals surface area contributed by atoms with Gasteiger partial charge in [-0.1, -0.05) is 6.07 Å². The molecule has 5 heteroatoms. The molecule has 0 aliphatic rings. The van der Waals surface area contributed by atoms with E-state index in [-0.39, 0.29) is 11.9 Å². The molecule has 0 amide bonds. The van der Waals surface area contributed by atoms with Crippen LogP contribution < -0.4 is 5.32 Å². The molecule has 1 heterocycles. The van der Waals surface area contributed by atoms with E-state index in [1.165, 1.54) is 12.4 Å². The first-order valence-corrected chi connectivity index (χ1v) is 5.96. The lowest BCUT2D eigenvalue weighted by Gasteiger charge is -2.11. The second-order valence-corrected chi connectivity index (χ2v) is 4.55. The van der Waals surface area contributed by atoms with Crippen molar-refractivity contribution in [3.8, 4) is 0 Å². The van der Waals surface area contributed by atoms with E-state index in [0.29, 0.717) is 12.2 Å². The molecule has 1 N–H and O–H groups in total. The first-order valence-electron chi connectivity index (χ1n) is 5.96. The van der Waals surface area contributed by atoms with Gasteiger partial charge >= 0.3 is 0 Å². The Balaban J connectivity index is 2.11. The minimum Gasteiger partial charge on any atom is -0.375 e. The molecule has 1 aromatic carbocycles. The average Bonchev–Trinajstić information content (AvgIpc) is 2.79. The van der Waals surface area contributed by atoms with Crippen LogP contribution >= 0.6 is 0 Å². The van der Waals surface area contributed by atoms with Gasteiger partial charge in [0.2, 0.25) is 0 Å². The van der Waals surface area contributed by atoms with Crippen molar-refractivity contribution in [3.63, 3.8) is 0 Å². The normalized spacial score (nSPS) is 10.9. The van der Waals surface area contributed by atoms with Crippen molar-refractivity contribution in [1.82, 2.24) is 14.8 Å². The molecule has 0 fully saturated rings. The van der Waals surface area contributed by atoms with E-state index < -0.39 is 0 Å². The highest BCUT2D eigenvalue weighted by molar-refractivity contribution is 5.47. The number of rotatable bonds is 4. The summed E-state index contributed by atoms with van der Waals surface area (Å²) in [6.45, 7) is 6.46. The molecule has 0 spiro atoms. The van der Waals surface area contributed by atoms with Crippen molar-refractivity contribution in [3.05, 3.63) is 41.7 Å². The number of aryl methyl sites for hydroxylation is 1. The number of anilines is 1. The van der Waals surface area contributed by atoms with Crippen molar-refractivity contribution in [2.24, 2.45) is 0 Å².